The predicted molar refractivity (Wildman–Crippen MR) is 211 cm³/mol. The van der Waals surface area contributed by atoms with E-state index in [0.29, 0.717) is 17.5 Å². The first kappa shape index (κ1) is 50.8. The van der Waals surface area contributed by atoms with Crippen LogP contribution in [0, 0.1) is 47.0 Å². The van der Waals surface area contributed by atoms with Gasteiger partial charge in [0, 0.05) is 40.1 Å². The van der Waals surface area contributed by atoms with Gasteiger partial charge < -0.3 is 35.2 Å². The Kier molecular flexibility index (Phi) is 23.4. The van der Waals surface area contributed by atoms with Gasteiger partial charge in [-0.3, -0.25) is 9.59 Å². The topological polar surface area (TPSA) is 224 Å². The van der Waals surface area contributed by atoms with Crippen LogP contribution in [0.4, 0.5) is 0 Å². The number of aliphatic hydroxyl groups excluding tert-OH is 3. The van der Waals surface area contributed by atoms with Crippen molar-refractivity contribution in [2.45, 2.75) is 54.9 Å². The number of carbonyl (C=O) groups excluding carboxylic acids is 2. The number of carbonyl (C=O) groups is 5. The van der Waals surface area contributed by atoms with Crippen LogP contribution in [-0.4, -0.2) is 79.4 Å². The van der Waals surface area contributed by atoms with Gasteiger partial charge >= 0.3 is 17.9 Å². The highest BCUT2D eigenvalue weighted by Crippen LogP contribution is 2.52. The maximum Gasteiger partial charge on any atom is 0.327 e. The average Bonchev–Trinajstić information content (AvgIpc) is 3.12. The third kappa shape index (κ3) is 15.8. The van der Waals surface area contributed by atoms with Gasteiger partial charge in [0.15, 0.2) is 0 Å². The smallest absolute Gasteiger partial charge is 0.327 e. The molecule has 0 aliphatic heterocycles. The minimum absolute atomic E-state index is 0.156. The van der Waals surface area contributed by atoms with E-state index in [0.717, 1.165) is 51.6 Å². The van der Waals surface area contributed by atoms with E-state index >= 15 is 0 Å². The number of aliphatic carboxylic acids is 3. The van der Waals surface area contributed by atoms with E-state index in [1.807, 2.05) is 72.7 Å². The van der Waals surface area contributed by atoms with Gasteiger partial charge in [0.25, 0.3) is 0 Å². The number of hydrogen-bond acceptors (Lipinski definition) is 9. The van der Waals surface area contributed by atoms with E-state index in [4.69, 9.17) is 30.6 Å². The lowest BCUT2D eigenvalue weighted by Crippen LogP contribution is -2.32. The molecule has 0 aromatic heterocycles. The van der Waals surface area contributed by atoms with Gasteiger partial charge in [-0.2, -0.15) is 0 Å². The predicted octanol–water partition coefficient (Wildman–Crippen LogP) is 6.34. The molecule has 3 aromatic carbocycles. The Hall–Kier alpha value is -5.26. The fourth-order valence-electron chi connectivity index (χ4n) is 4.80. The monoisotopic (exact) mass is 768 g/mol. The van der Waals surface area contributed by atoms with Crippen molar-refractivity contribution in [1.29, 1.82) is 0 Å². The molecule has 0 fully saturated rings. The van der Waals surface area contributed by atoms with Crippen molar-refractivity contribution in [3.05, 3.63) is 137 Å². The molecule has 0 heterocycles. The van der Waals surface area contributed by atoms with Gasteiger partial charge in [0.2, 0.25) is 18.2 Å². The Morgan fingerprint density at radius 1 is 0.593 bits per heavy atom. The molecule has 0 unspecified atom stereocenters. The minimum atomic E-state index is -4.11. The first-order valence-corrected chi connectivity index (χ1v) is 18.1. The first-order chi connectivity index (χ1) is 25.1. The highest BCUT2D eigenvalue weighted by atomic mass is 31.2. The van der Waals surface area contributed by atoms with Crippen molar-refractivity contribution in [3.8, 4) is 0 Å². The maximum atomic E-state index is 14.5. The van der Waals surface area contributed by atoms with Crippen LogP contribution >= 0.6 is 7.14 Å². The zero-order valence-electron chi connectivity index (χ0n) is 32.0. The van der Waals surface area contributed by atoms with Gasteiger partial charge in [-0.1, -0.05) is 92.4 Å². The molecule has 13 heteroatoms. The molecule has 0 saturated heterocycles. The molecule has 0 atom stereocenters. The molecule has 0 saturated carbocycles. The van der Waals surface area contributed by atoms with Gasteiger partial charge in [-0.25, -0.2) is 14.4 Å². The van der Waals surface area contributed by atoms with Gasteiger partial charge in [-0.15, -0.1) is 0 Å². The Morgan fingerprint density at radius 2 is 0.852 bits per heavy atom. The highest BCUT2D eigenvalue weighted by molar-refractivity contribution is 8.01. The molecule has 0 spiro atoms. The standard InChI is InChI=1S/C26H27O3P.C6H14O3.3C3H4O2/c1-16-12-18(3)23(19(4)13-16)25(27)30(29,22-10-8-7-9-11-22)26(28)24-20(5)14-17(2)15-21(24)6;1-2-6(3-7,4-8)5-9;3*1-2-3(4)5/h7-15H,1-6H3;7-9H,2-5H2,1H3;3*2H,1H2,(H,4,5). The van der Waals surface area contributed by atoms with Crippen LogP contribution in [0.5, 0.6) is 0 Å². The number of carboxylic acids is 3. The molecular formula is C41H53O12P. The Labute approximate surface area is 317 Å². The van der Waals surface area contributed by atoms with E-state index in [2.05, 4.69) is 19.7 Å². The summed E-state index contributed by atoms with van der Waals surface area (Å²) in [4.78, 5) is 55.4. The minimum Gasteiger partial charge on any atom is -0.478 e. The van der Waals surface area contributed by atoms with Crippen LogP contribution < -0.4 is 5.30 Å². The molecule has 3 aromatic rings. The highest BCUT2D eigenvalue weighted by Gasteiger charge is 2.44. The first-order valence-electron chi connectivity index (χ1n) is 16.4. The van der Waals surface area contributed by atoms with Crippen LogP contribution in [0.1, 0.15) is 67.4 Å². The molecule has 0 aliphatic carbocycles. The normalized spacial score (nSPS) is 10.1. The molecule has 294 valence electrons. The summed E-state index contributed by atoms with van der Waals surface area (Å²) in [5.41, 5.74) is 3.89. The van der Waals surface area contributed by atoms with Crippen LogP contribution in [0.15, 0.2) is 92.6 Å². The largest absolute Gasteiger partial charge is 0.478 e. The molecular weight excluding hydrogens is 715 g/mol. The van der Waals surface area contributed by atoms with Crippen LogP contribution in [0.2, 0.25) is 0 Å². The van der Waals surface area contributed by atoms with Crippen LogP contribution in [0.25, 0.3) is 0 Å². The molecule has 0 aliphatic rings. The Balaban J connectivity index is 0. The summed E-state index contributed by atoms with van der Waals surface area (Å²) in [6.45, 7) is 21.5. The summed E-state index contributed by atoms with van der Waals surface area (Å²) >= 11 is 0. The Morgan fingerprint density at radius 3 is 1.04 bits per heavy atom. The quantitative estimate of drug-likeness (QED) is 0.0878. The van der Waals surface area contributed by atoms with Crippen molar-refractivity contribution in [1.82, 2.24) is 0 Å². The zero-order chi connectivity index (χ0) is 42.4. The molecule has 0 amide bonds. The van der Waals surface area contributed by atoms with Crippen molar-refractivity contribution in [2.75, 3.05) is 19.8 Å². The van der Waals surface area contributed by atoms with Gasteiger partial charge in [-0.05, 0) is 70.2 Å². The number of carboxylic acid groups (broad SMARTS) is 3. The van der Waals surface area contributed by atoms with Crippen LogP contribution in [0.3, 0.4) is 0 Å². The average molecular weight is 769 g/mol. The summed E-state index contributed by atoms with van der Waals surface area (Å²) in [5, 5.41) is 49.1. The third-order valence-corrected chi connectivity index (χ3v) is 10.4. The second kappa shape index (κ2) is 24.9. The van der Waals surface area contributed by atoms with Crippen molar-refractivity contribution in [2.24, 2.45) is 5.41 Å². The van der Waals surface area contributed by atoms with Gasteiger partial charge in [0.05, 0.1) is 19.8 Å². The number of hydrogen-bond donors (Lipinski definition) is 6. The van der Waals surface area contributed by atoms with E-state index in [-0.39, 0.29) is 25.1 Å². The lowest BCUT2D eigenvalue weighted by Gasteiger charge is -2.24. The summed E-state index contributed by atoms with van der Waals surface area (Å²) in [6, 6.07) is 16.0. The molecule has 12 nitrogen and oxygen atoms in total. The van der Waals surface area contributed by atoms with E-state index in [1.54, 1.807) is 30.3 Å². The van der Waals surface area contributed by atoms with Crippen molar-refractivity contribution >= 4 is 41.4 Å². The fraction of sp³-hybridized carbons (Fsp3) is 0.293. The van der Waals surface area contributed by atoms with E-state index < -0.39 is 41.5 Å². The lowest BCUT2D eigenvalue weighted by atomic mass is 9.88. The van der Waals surface area contributed by atoms with Crippen molar-refractivity contribution < 1.29 is 59.2 Å². The third-order valence-electron chi connectivity index (χ3n) is 7.75. The number of benzene rings is 3. The number of rotatable bonds is 12. The number of aryl methyl sites for hydroxylation is 6. The summed E-state index contributed by atoms with van der Waals surface area (Å²) in [6.07, 6.45) is 3.09. The Bertz CT molecular complexity index is 1640. The molecule has 3 rings (SSSR count). The second-order valence-electron chi connectivity index (χ2n) is 12.1. The summed E-state index contributed by atoms with van der Waals surface area (Å²) in [5.74, 6) is -2.94. The molecule has 0 bridgehead atoms. The van der Waals surface area contributed by atoms with E-state index in [1.165, 1.54) is 0 Å². The number of aliphatic hydroxyl groups is 3. The zero-order valence-corrected chi connectivity index (χ0v) is 32.9. The van der Waals surface area contributed by atoms with Gasteiger partial charge in [0.1, 0.15) is 0 Å². The van der Waals surface area contributed by atoms with E-state index in [9.17, 15) is 28.5 Å². The summed E-state index contributed by atoms with van der Waals surface area (Å²) < 4.78 is 14.5. The second-order valence-corrected chi connectivity index (χ2v) is 14.6. The fourth-order valence-corrected chi connectivity index (χ4v) is 7.38. The van der Waals surface area contributed by atoms with Crippen molar-refractivity contribution in [3.63, 3.8) is 0 Å². The van der Waals surface area contributed by atoms with Crippen LogP contribution in [-0.2, 0) is 18.9 Å². The molecule has 54 heavy (non-hydrogen) atoms. The molecule has 0 radical (unpaired) electrons. The SMILES string of the molecule is C=CC(=O)O.C=CC(=O)O.C=CC(=O)O.CCC(CO)(CO)CO.Cc1cc(C)c(C(=O)P(=O)(C(=O)c2c(C)cc(C)cc2C)c2ccccc2)c(C)c1. The maximum absolute atomic E-state index is 14.5. The summed E-state index contributed by atoms with van der Waals surface area (Å²) in [7, 11) is -4.11. The molecule has 6 N–H and O–H groups in total. The lowest BCUT2D eigenvalue weighted by molar-refractivity contribution is -0.132.